The molecule has 0 aliphatic heterocycles. The number of carbonyl (C=O) groups excluding carboxylic acids is 1. The number of hydrogen-bond acceptors (Lipinski definition) is 4. The first kappa shape index (κ1) is 20.1. The SMILES string of the molecule is CCOC(=O)c1c(NC(=S)Nc2cc(Cl)ccc2C)sc2c1CCCCC2. The first-order chi connectivity index (χ1) is 13.0. The van der Waals surface area contributed by atoms with Crippen LogP contribution in [0.2, 0.25) is 5.02 Å². The van der Waals surface area contributed by atoms with E-state index < -0.39 is 0 Å². The summed E-state index contributed by atoms with van der Waals surface area (Å²) in [6.07, 6.45) is 5.36. The van der Waals surface area contributed by atoms with Gasteiger partial charge in [0, 0.05) is 15.6 Å². The molecule has 0 radical (unpaired) electrons. The van der Waals surface area contributed by atoms with E-state index in [0.717, 1.165) is 47.5 Å². The van der Waals surface area contributed by atoms with Gasteiger partial charge >= 0.3 is 5.97 Å². The van der Waals surface area contributed by atoms with Crippen molar-refractivity contribution in [3.63, 3.8) is 0 Å². The van der Waals surface area contributed by atoms with E-state index in [4.69, 9.17) is 28.6 Å². The summed E-state index contributed by atoms with van der Waals surface area (Å²) >= 11 is 13.2. The fraction of sp³-hybridized carbons (Fsp3) is 0.400. The van der Waals surface area contributed by atoms with Gasteiger partial charge in [-0.3, -0.25) is 0 Å². The summed E-state index contributed by atoms with van der Waals surface area (Å²) in [7, 11) is 0. The van der Waals surface area contributed by atoms with Gasteiger partial charge in [-0.05, 0) is 75.0 Å². The fourth-order valence-electron chi connectivity index (χ4n) is 3.24. The lowest BCUT2D eigenvalue weighted by Crippen LogP contribution is -2.21. The Morgan fingerprint density at radius 3 is 2.81 bits per heavy atom. The fourth-order valence-corrected chi connectivity index (χ4v) is 4.97. The van der Waals surface area contributed by atoms with Gasteiger partial charge < -0.3 is 15.4 Å². The highest BCUT2D eigenvalue weighted by Gasteiger charge is 2.26. The molecule has 0 bridgehead atoms. The molecule has 2 aromatic rings. The molecule has 0 atom stereocenters. The Morgan fingerprint density at radius 2 is 2.04 bits per heavy atom. The summed E-state index contributed by atoms with van der Waals surface area (Å²) in [6.45, 7) is 4.16. The summed E-state index contributed by atoms with van der Waals surface area (Å²) in [4.78, 5) is 13.9. The maximum Gasteiger partial charge on any atom is 0.341 e. The molecule has 144 valence electrons. The van der Waals surface area contributed by atoms with Crippen LogP contribution in [0.15, 0.2) is 18.2 Å². The third-order valence-electron chi connectivity index (χ3n) is 4.58. The van der Waals surface area contributed by atoms with E-state index in [1.165, 1.54) is 11.3 Å². The first-order valence-electron chi connectivity index (χ1n) is 9.15. The van der Waals surface area contributed by atoms with Crippen molar-refractivity contribution in [1.29, 1.82) is 0 Å². The maximum absolute atomic E-state index is 12.6. The van der Waals surface area contributed by atoms with Crippen LogP contribution < -0.4 is 10.6 Å². The van der Waals surface area contributed by atoms with E-state index in [9.17, 15) is 4.79 Å². The normalized spacial score (nSPS) is 13.4. The summed E-state index contributed by atoms with van der Waals surface area (Å²) in [5.41, 5.74) is 3.65. The van der Waals surface area contributed by atoms with Crippen LogP contribution in [0, 0.1) is 6.92 Å². The lowest BCUT2D eigenvalue weighted by Gasteiger charge is -2.13. The number of anilines is 2. The molecule has 1 aliphatic carbocycles. The number of hydrogen-bond donors (Lipinski definition) is 2. The molecule has 0 unspecified atom stereocenters. The Bertz CT molecular complexity index is 864. The summed E-state index contributed by atoms with van der Waals surface area (Å²) in [5.74, 6) is -0.277. The van der Waals surface area contributed by atoms with Crippen molar-refractivity contribution in [2.45, 2.75) is 46.0 Å². The summed E-state index contributed by atoms with van der Waals surface area (Å²) in [6, 6.07) is 5.61. The van der Waals surface area contributed by atoms with E-state index in [0.29, 0.717) is 22.3 Å². The largest absolute Gasteiger partial charge is 0.462 e. The monoisotopic (exact) mass is 422 g/mol. The van der Waals surface area contributed by atoms with Crippen LogP contribution in [-0.2, 0) is 17.6 Å². The molecule has 3 rings (SSSR count). The van der Waals surface area contributed by atoms with Crippen molar-refractivity contribution in [2.75, 3.05) is 17.2 Å². The number of thiocarbonyl (C=S) groups is 1. The third kappa shape index (κ3) is 4.81. The quantitative estimate of drug-likeness (QED) is 0.361. The van der Waals surface area contributed by atoms with Crippen molar-refractivity contribution in [1.82, 2.24) is 0 Å². The van der Waals surface area contributed by atoms with Crippen LogP contribution in [0.1, 0.15) is 52.5 Å². The Balaban J connectivity index is 1.86. The molecule has 0 saturated heterocycles. The molecule has 1 aliphatic rings. The average molecular weight is 423 g/mol. The molecule has 2 N–H and O–H groups in total. The number of fused-ring (bicyclic) bond motifs is 1. The number of esters is 1. The number of thiophene rings is 1. The number of benzene rings is 1. The summed E-state index contributed by atoms with van der Waals surface area (Å²) in [5, 5.41) is 8.23. The predicted molar refractivity (Wildman–Crippen MR) is 118 cm³/mol. The molecular weight excluding hydrogens is 400 g/mol. The lowest BCUT2D eigenvalue weighted by atomic mass is 10.1. The molecule has 0 amide bonds. The topological polar surface area (TPSA) is 50.4 Å². The molecule has 0 saturated carbocycles. The predicted octanol–water partition coefficient (Wildman–Crippen LogP) is 5.96. The van der Waals surface area contributed by atoms with Gasteiger partial charge in [-0.1, -0.05) is 24.1 Å². The molecule has 1 heterocycles. The molecule has 27 heavy (non-hydrogen) atoms. The average Bonchev–Trinajstić information content (AvgIpc) is 2.79. The smallest absolute Gasteiger partial charge is 0.341 e. The molecule has 7 heteroatoms. The standard InChI is InChI=1S/C20H23ClN2O2S2/c1-3-25-19(24)17-14-7-5-4-6-8-16(14)27-18(17)23-20(26)22-15-11-13(21)10-9-12(15)2/h9-11H,3-8H2,1-2H3,(H2,22,23,26). The lowest BCUT2D eigenvalue weighted by molar-refractivity contribution is 0.0527. The number of rotatable bonds is 4. The molecule has 1 aromatic heterocycles. The van der Waals surface area contributed by atoms with Gasteiger partial charge in [-0.25, -0.2) is 4.79 Å². The van der Waals surface area contributed by atoms with Gasteiger partial charge in [0.1, 0.15) is 5.00 Å². The zero-order chi connectivity index (χ0) is 19.4. The minimum atomic E-state index is -0.277. The van der Waals surface area contributed by atoms with Crippen LogP contribution in [0.4, 0.5) is 10.7 Å². The second kappa shape index (κ2) is 9.04. The van der Waals surface area contributed by atoms with Gasteiger partial charge in [-0.2, -0.15) is 0 Å². The summed E-state index contributed by atoms with van der Waals surface area (Å²) < 4.78 is 5.32. The van der Waals surface area contributed by atoms with Gasteiger partial charge in [-0.15, -0.1) is 11.3 Å². The molecule has 4 nitrogen and oxygen atoms in total. The van der Waals surface area contributed by atoms with Crippen molar-refractivity contribution < 1.29 is 9.53 Å². The van der Waals surface area contributed by atoms with Crippen LogP contribution in [0.3, 0.4) is 0 Å². The third-order valence-corrected chi connectivity index (χ3v) is 6.22. The highest BCUT2D eigenvalue weighted by Crippen LogP contribution is 2.38. The Labute approximate surface area is 174 Å². The molecule has 0 spiro atoms. The molecule has 1 aromatic carbocycles. The van der Waals surface area contributed by atoms with Crippen LogP contribution in [0.5, 0.6) is 0 Å². The number of aryl methyl sites for hydroxylation is 2. The number of ether oxygens (including phenoxy) is 1. The second-order valence-corrected chi connectivity index (χ2v) is 8.48. The Hall–Kier alpha value is -1.63. The first-order valence-corrected chi connectivity index (χ1v) is 10.8. The van der Waals surface area contributed by atoms with E-state index in [1.807, 2.05) is 32.0 Å². The van der Waals surface area contributed by atoms with E-state index in [1.54, 1.807) is 11.3 Å². The van der Waals surface area contributed by atoms with Crippen molar-refractivity contribution in [3.8, 4) is 0 Å². The van der Waals surface area contributed by atoms with Crippen LogP contribution in [-0.4, -0.2) is 17.7 Å². The van der Waals surface area contributed by atoms with Crippen LogP contribution in [0.25, 0.3) is 0 Å². The van der Waals surface area contributed by atoms with Crippen molar-refractivity contribution in [2.24, 2.45) is 0 Å². The van der Waals surface area contributed by atoms with Crippen LogP contribution >= 0.6 is 35.2 Å². The van der Waals surface area contributed by atoms with E-state index in [2.05, 4.69) is 10.6 Å². The maximum atomic E-state index is 12.6. The number of nitrogens with one attached hydrogen (secondary N) is 2. The second-order valence-electron chi connectivity index (χ2n) is 6.53. The number of carbonyl (C=O) groups is 1. The van der Waals surface area contributed by atoms with E-state index in [-0.39, 0.29) is 5.97 Å². The van der Waals surface area contributed by atoms with Crippen molar-refractivity contribution in [3.05, 3.63) is 44.8 Å². The zero-order valence-electron chi connectivity index (χ0n) is 15.5. The Kier molecular flexibility index (Phi) is 6.73. The highest BCUT2D eigenvalue weighted by molar-refractivity contribution is 7.80. The van der Waals surface area contributed by atoms with E-state index >= 15 is 0 Å². The Morgan fingerprint density at radius 1 is 1.26 bits per heavy atom. The molecule has 0 fully saturated rings. The minimum Gasteiger partial charge on any atom is -0.462 e. The number of halogens is 1. The highest BCUT2D eigenvalue weighted by atomic mass is 35.5. The van der Waals surface area contributed by atoms with Crippen molar-refractivity contribution >= 4 is 56.9 Å². The zero-order valence-corrected chi connectivity index (χ0v) is 17.9. The van der Waals surface area contributed by atoms with Gasteiger partial charge in [0.15, 0.2) is 5.11 Å². The van der Waals surface area contributed by atoms with Gasteiger partial charge in [0.2, 0.25) is 0 Å². The molecular formula is C20H23ClN2O2S2. The minimum absolute atomic E-state index is 0.277. The van der Waals surface area contributed by atoms with Gasteiger partial charge in [0.05, 0.1) is 12.2 Å². The van der Waals surface area contributed by atoms with Gasteiger partial charge in [0.25, 0.3) is 0 Å².